The predicted molar refractivity (Wildman–Crippen MR) is 104 cm³/mol. The fourth-order valence-electron chi connectivity index (χ4n) is 3.14. The number of morpholine rings is 1. The van der Waals surface area contributed by atoms with E-state index in [1.54, 1.807) is 35.3 Å². The predicted octanol–water partition coefficient (Wildman–Crippen LogP) is 3.54. The summed E-state index contributed by atoms with van der Waals surface area (Å²) in [6.07, 6.45) is -4.64. The minimum absolute atomic E-state index is 0.00898. The van der Waals surface area contributed by atoms with E-state index < -0.39 is 17.6 Å². The van der Waals surface area contributed by atoms with Crippen molar-refractivity contribution < 1.29 is 22.7 Å². The van der Waals surface area contributed by atoms with Gasteiger partial charge in [0.2, 0.25) is 0 Å². The number of ether oxygens (including phenoxy) is 1. The van der Waals surface area contributed by atoms with Gasteiger partial charge in [0.05, 0.1) is 30.2 Å². The van der Waals surface area contributed by atoms with Gasteiger partial charge in [-0.1, -0.05) is 30.3 Å². The zero-order valence-electron chi connectivity index (χ0n) is 15.1. The molecule has 0 bridgehead atoms. The summed E-state index contributed by atoms with van der Waals surface area (Å²) in [7, 11) is 0. The van der Waals surface area contributed by atoms with Gasteiger partial charge < -0.3 is 10.5 Å². The highest BCUT2D eigenvalue weighted by Gasteiger charge is 2.36. The fraction of sp³-hybridized carbons (Fsp3) is 0.263. The maximum Gasteiger partial charge on any atom is 0.417 e. The van der Waals surface area contributed by atoms with Gasteiger partial charge in [-0.25, -0.2) is 9.99 Å². The van der Waals surface area contributed by atoms with E-state index in [-0.39, 0.29) is 26.5 Å². The largest absolute Gasteiger partial charge is 0.417 e. The zero-order valence-corrected chi connectivity index (χ0v) is 15.9. The van der Waals surface area contributed by atoms with Crippen LogP contribution in [0.15, 0.2) is 36.4 Å². The molecule has 1 aliphatic rings. The molecule has 1 saturated heterocycles. The second-order valence-corrected chi connectivity index (χ2v) is 7.48. The van der Waals surface area contributed by atoms with Crippen LogP contribution in [0, 0.1) is 0 Å². The lowest BCUT2D eigenvalue weighted by Crippen LogP contribution is -2.48. The Bertz CT molecular complexity index is 1050. The molecule has 6 nitrogen and oxygen atoms in total. The second kappa shape index (κ2) is 7.62. The van der Waals surface area contributed by atoms with E-state index in [4.69, 9.17) is 10.5 Å². The van der Waals surface area contributed by atoms with E-state index >= 15 is 0 Å². The number of carbonyl (C=O) groups excluding carboxylic acids is 1. The lowest BCUT2D eigenvalue weighted by Gasteiger charge is -2.26. The molecule has 0 saturated carbocycles. The molecule has 3 aromatic rings. The van der Waals surface area contributed by atoms with Gasteiger partial charge in [0.25, 0.3) is 5.91 Å². The van der Waals surface area contributed by atoms with Crippen LogP contribution in [0.1, 0.15) is 15.2 Å². The van der Waals surface area contributed by atoms with E-state index in [2.05, 4.69) is 10.4 Å². The number of amides is 1. The van der Waals surface area contributed by atoms with Crippen LogP contribution in [0.2, 0.25) is 0 Å². The monoisotopic (exact) mass is 422 g/mol. The molecule has 0 unspecified atom stereocenters. The summed E-state index contributed by atoms with van der Waals surface area (Å²) >= 11 is 0.854. The Morgan fingerprint density at radius 3 is 2.55 bits per heavy atom. The number of hydrazine groups is 1. The van der Waals surface area contributed by atoms with E-state index in [9.17, 15) is 18.0 Å². The molecule has 0 spiro atoms. The number of hydrogen-bond acceptors (Lipinski definition) is 6. The minimum atomic E-state index is -4.64. The van der Waals surface area contributed by atoms with Crippen molar-refractivity contribution in [3.8, 4) is 11.3 Å². The smallest absolute Gasteiger partial charge is 0.397 e. The van der Waals surface area contributed by atoms with Gasteiger partial charge >= 0.3 is 6.18 Å². The molecule has 1 amide bonds. The van der Waals surface area contributed by atoms with Gasteiger partial charge in [-0.15, -0.1) is 11.3 Å². The number of nitrogens with two attached hydrogens (primary N) is 1. The number of aromatic nitrogens is 1. The van der Waals surface area contributed by atoms with Gasteiger partial charge in [-0.2, -0.15) is 13.2 Å². The molecule has 3 N–H and O–H groups in total. The summed E-state index contributed by atoms with van der Waals surface area (Å²) in [4.78, 5) is 17.1. The first-order chi connectivity index (χ1) is 13.8. The number of nitrogens with zero attached hydrogens (tertiary/aromatic N) is 2. The number of thiophene rings is 1. The summed E-state index contributed by atoms with van der Waals surface area (Å²) in [5.41, 5.74) is 8.28. The van der Waals surface area contributed by atoms with Crippen LogP contribution in [0.25, 0.3) is 21.5 Å². The average molecular weight is 422 g/mol. The Morgan fingerprint density at radius 2 is 1.90 bits per heavy atom. The first-order valence-electron chi connectivity index (χ1n) is 8.84. The molecule has 3 heterocycles. The average Bonchev–Trinajstić information content (AvgIpc) is 3.05. The maximum atomic E-state index is 13.8. The van der Waals surface area contributed by atoms with Crippen LogP contribution in [0.3, 0.4) is 0 Å². The molecule has 1 fully saturated rings. The van der Waals surface area contributed by atoms with Crippen LogP contribution >= 0.6 is 11.3 Å². The molecule has 152 valence electrons. The number of halogens is 3. The Hall–Kier alpha value is -2.69. The molecule has 0 radical (unpaired) electrons. The van der Waals surface area contributed by atoms with E-state index in [1.165, 1.54) is 0 Å². The standard InChI is InChI=1S/C19H17F3N4O2S/c20-19(21,22)12-10-13(11-4-2-1-3-5-11)24-18-14(12)15(23)16(29-18)17(27)25-26-6-8-28-9-7-26/h1-5,10H,6-9,23H2,(H,25,27). The van der Waals surface area contributed by atoms with Gasteiger partial charge in [-0.3, -0.25) is 10.2 Å². The summed E-state index contributed by atoms with van der Waals surface area (Å²) < 4.78 is 46.5. The van der Waals surface area contributed by atoms with Crippen molar-refractivity contribution in [1.29, 1.82) is 0 Å². The van der Waals surface area contributed by atoms with E-state index in [0.717, 1.165) is 17.4 Å². The second-order valence-electron chi connectivity index (χ2n) is 6.48. The van der Waals surface area contributed by atoms with Crippen molar-refractivity contribution >= 4 is 33.1 Å². The van der Waals surface area contributed by atoms with Crippen molar-refractivity contribution in [2.24, 2.45) is 0 Å². The van der Waals surface area contributed by atoms with Crippen LogP contribution in [0.5, 0.6) is 0 Å². The normalized spacial score (nSPS) is 15.6. The SMILES string of the molecule is Nc1c(C(=O)NN2CCOCC2)sc2nc(-c3ccccc3)cc(C(F)(F)F)c12. The first kappa shape index (κ1) is 19.6. The van der Waals surface area contributed by atoms with Crippen LogP contribution < -0.4 is 11.2 Å². The zero-order chi connectivity index (χ0) is 20.6. The third-order valence-corrected chi connectivity index (χ3v) is 5.65. The molecule has 10 heteroatoms. The summed E-state index contributed by atoms with van der Waals surface area (Å²) in [5.74, 6) is -0.554. The summed E-state index contributed by atoms with van der Waals surface area (Å²) in [6, 6.07) is 9.54. The highest BCUT2D eigenvalue weighted by atomic mass is 32.1. The number of nitrogen functional groups attached to an aromatic ring is 1. The Morgan fingerprint density at radius 1 is 1.21 bits per heavy atom. The molecular weight excluding hydrogens is 405 g/mol. The number of benzene rings is 1. The number of rotatable bonds is 3. The minimum Gasteiger partial charge on any atom is -0.397 e. The summed E-state index contributed by atoms with van der Waals surface area (Å²) in [5, 5.41) is 1.41. The molecule has 29 heavy (non-hydrogen) atoms. The highest BCUT2D eigenvalue weighted by Crippen LogP contribution is 2.43. The number of hydrogen-bond donors (Lipinski definition) is 2. The van der Waals surface area contributed by atoms with Gasteiger partial charge in [-0.05, 0) is 6.07 Å². The third kappa shape index (κ3) is 3.91. The van der Waals surface area contributed by atoms with Crippen LogP contribution in [0.4, 0.5) is 18.9 Å². The van der Waals surface area contributed by atoms with Crippen molar-refractivity contribution in [3.63, 3.8) is 0 Å². The highest BCUT2D eigenvalue weighted by molar-refractivity contribution is 7.21. The molecular formula is C19H17F3N4O2S. The topological polar surface area (TPSA) is 80.5 Å². The number of anilines is 1. The first-order valence-corrected chi connectivity index (χ1v) is 9.65. The van der Waals surface area contributed by atoms with Gasteiger partial charge in [0.1, 0.15) is 9.71 Å². The van der Waals surface area contributed by atoms with Gasteiger partial charge in [0, 0.05) is 24.0 Å². The summed E-state index contributed by atoms with van der Waals surface area (Å²) in [6.45, 7) is 1.90. The molecule has 4 rings (SSSR count). The van der Waals surface area contributed by atoms with Crippen molar-refractivity contribution in [1.82, 2.24) is 15.4 Å². The number of carbonyl (C=O) groups is 1. The number of nitrogens with one attached hydrogen (secondary N) is 1. The van der Waals surface area contributed by atoms with Gasteiger partial charge in [0.15, 0.2) is 0 Å². The number of fused-ring (bicyclic) bond motifs is 1. The molecule has 2 aromatic heterocycles. The maximum absolute atomic E-state index is 13.8. The fourth-order valence-corrected chi connectivity index (χ4v) is 4.15. The molecule has 0 aliphatic carbocycles. The van der Waals surface area contributed by atoms with Crippen molar-refractivity contribution in [3.05, 3.63) is 46.8 Å². The lowest BCUT2D eigenvalue weighted by atomic mass is 10.1. The van der Waals surface area contributed by atoms with E-state index in [1.807, 2.05) is 0 Å². The Labute approximate surface area is 168 Å². The molecule has 1 aliphatic heterocycles. The Balaban J connectivity index is 1.80. The van der Waals surface area contributed by atoms with Crippen molar-refractivity contribution in [2.75, 3.05) is 32.0 Å². The Kier molecular flexibility index (Phi) is 5.15. The molecule has 0 atom stereocenters. The molecule has 1 aromatic carbocycles. The number of alkyl halides is 3. The lowest BCUT2D eigenvalue weighted by molar-refractivity contribution is -0.136. The van der Waals surface area contributed by atoms with Crippen molar-refractivity contribution in [2.45, 2.75) is 6.18 Å². The quantitative estimate of drug-likeness (QED) is 0.675. The van der Waals surface area contributed by atoms with Crippen LogP contribution in [-0.4, -0.2) is 42.2 Å². The van der Waals surface area contributed by atoms with E-state index in [0.29, 0.717) is 31.9 Å². The van der Waals surface area contributed by atoms with Crippen LogP contribution in [-0.2, 0) is 10.9 Å². The third-order valence-electron chi connectivity index (χ3n) is 4.55. The number of pyridine rings is 1.